The summed E-state index contributed by atoms with van der Waals surface area (Å²) < 4.78 is 0. The van der Waals surface area contributed by atoms with E-state index in [-0.39, 0.29) is 5.41 Å². The van der Waals surface area contributed by atoms with Gasteiger partial charge in [-0.25, -0.2) is 0 Å². The molecule has 2 aromatic carbocycles. The van der Waals surface area contributed by atoms with Crippen LogP contribution >= 0.6 is 0 Å². The third kappa shape index (κ3) is 3.57. The number of rotatable bonds is 4. The van der Waals surface area contributed by atoms with Gasteiger partial charge in [0.05, 0.1) is 0 Å². The standard InChI is InChI=1S/C19H22/c1-4-19(2,3)18-14-12-17(13-15-18)11-10-16-8-6-5-7-9-16/h5-15H,4H2,1-3H3/b11-10+. The van der Waals surface area contributed by atoms with Crippen LogP contribution in [0, 0.1) is 0 Å². The Morgan fingerprint density at radius 3 is 1.84 bits per heavy atom. The van der Waals surface area contributed by atoms with Crippen molar-refractivity contribution in [3.63, 3.8) is 0 Å². The number of benzene rings is 2. The summed E-state index contributed by atoms with van der Waals surface area (Å²) in [4.78, 5) is 0. The molecule has 2 aromatic rings. The van der Waals surface area contributed by atoms with Crippen molar-refractivity contribution in [1.29, 1.82) is 0 Å². The molecule has 0 atom stereocenters. The summed E-state index contributed by atoms with van der Waals surface area (Å²) in [5, 5.41) is 0. The third-order valence-corrected chi connectivity index (χ3v) is 3.84. The summed E-state index contributed by atoms with van der Waals surface area (Å²) in [6.45, 7) is 6.83. The highest BCUT2D eigenvalue weighted by molar-refractivity contribution is 5.69. The fraction of sp³-hybridized carbons (Fsp3) is 0.263. The van der Waals surface area contributed by atoms with Crippen LogP contribution in [-0.4, -0.2) is 0 Å². The summed E-state index contributed by atoms with van der Waals surface area (Å²) in [5.41, 5.74) is 4.16. The smallest absolute Gasteiger partial charge is 0.0106 e. The Morgan fingerprint density at radius 2 is 1.32 bits per heavy atom. The fourth-order valence-corrected chi connectivity index (χ4v) is 2.01. The molecule has 0 heteroatoms. The van der Waals surface area contributed by atoms with Crippen LogP contribution in [0.15, 0.2) is 54.6 Å². The van der Waals surface area contributed by atoms with E-state index < -0.39 is 0 Å². The lowest BCUT2D eigenvalue weighted by Crippen LogP contribution is -2.14. The van der Waals surface area contributed by atoms with Crippen LogP contribution < -0.4 is 0 Å². The highest BCUT2D eigenvalue weighted by atomic mass is 14.2. The van der Waals surface area contributed by atoms with Gasteiger partial charge >= 0.3 is 0 Å². The molecule has 0 aliphatic rings. The molecule has 0 unspecified atom stereocenters. The van der Waals surface area contributed by atoms with Gasteiger partial charge in [0.1, 0.15) is 0 Å². The van der Waals surface area contributed by atoms with Crippen molar-refractivity contribution in [2.24, 2.45) is 0 Å². The van der Waals surface area contributed by atoms with Crippen LogP contribution in [0.4, 0.5) is 0 Å². The van der Waals surface area contributed by atoms with Gasteiger partial charge in [-0.15, -0.1) is 0 Å². The van der Waals surface area contributed by atoms with Gasteiger partial charge in [-0.1, -0.05) is 87.5 Å². The van der Waals surface area contributed by atoms with Crippen LogP contribution in [0.2, 0.25) is 0 Å². The van der Waals surface area contributed by atoms with Crippen molar-refractivity contribution >= 4 is 12.2 Å². The quantitative estimate of drug-likeness (QED) is 0.624. The Balaban J connectivity index is 2.14. The van der Waals surface area contributed by atoms with Crippen molar-refractivity contribution in [3.8, 4) is 0 Å². The monoisotopic (exact) mass is 250 g/mol. The lowest BCUT2D eigenvalue weighted by Gasteiger charge is -2.23. The first-order valence-electron chi connectivity index (χ1n) is 6.95. The predicted molar refractivity (Wildman–Crippen MR) is 85.1 cm³/mol. The average molecular weight is 250 g/mol. The van der Waals surface area contributed by atoms with E-state index in [1.54, 1.807) is 0 Å². The molecule has 0 amide bonds. The van der Waals surface area contributed by atoms with Crippen molar-refractivity contribution < 1.29 is 0 Å². The van der Waals surface area contributed by atoms with Crippen LogP contribution in [0.5, 0.6) is 0 Å². The van der Waals surface area contributed by atoms with Gasteiger partial charge < -0.3 is 0 Å². The zero-order chi connectivity index (χ0) is 13.7. The van der Waals surface area contributed by atoms with Gasteiger partial charge in [0, 0.05) is 0 Å². The van der Waals surface area contributed by atoms with E-state index in [0.29, 0.717) is 0 Å². The lowest BCUT2D eigenvalue weighted by molar-refractivity contribution is 0.506. The van der Waals surface area contributed by atoms with E-state index in [9.17, 15) is 0 Å². The van der Waals surface area contributed by atoms with Gasteiger partial charge in [-0.05, 0) is 28.5 Å². The van der Waals surface area contributed by atoms with E-state index in [4.69, 9.17) is 0 Å². The molecule has 0 aliphatic carbocycles. The average Bonchev–Trinajstić information content (AvgIpc) is 2.47. The maximum absolute atomic E-state index is 2.29. The second kappa shape index (κ2) is 5.88. The topological polar surface area (TPSA) is 0 Å². The van der Waals surface area contributed by atoms with E-state index in [1.165, 1.54) is 16.7 Å². The van der Waals surface area contributed by atoms with E-state index in [1.807, 2.05) is 6.07 Å². The molecule has 2 rings (SSSR count). The molecule has 0 saturated heterocycles. The summed E-state index contributed by atoms with van der Waals surface area (Å²) in [6, 6.07) is 19.3. The predicted octanol–water partition coefficient (Wildman–Crippen LogP) is 5.54. The van der Waals surface area contributed by atoms with Crippen molar-refractivity contribution in [2.45, 2.75) is 32.6 Å². The zero-order valence-corrected chi connectivity index (χ0v) is 12.1. The maximum atomic E-state index is 2.29. The van der Waals surface area contributed by atoms with Crippen molar-refractivity contribution in [2.75, 3.05) is 0 Å². The van der Waals surface area contributed by atoms with E-state index in [0.717, 1.165) is 6.42 Å². The fourth-order valence-electron chi connectivity index (χ4n) is 2.01. The molecule has 19 heavy (non-hydrogen) atoms. The van der Waals surface area contributed by atoms with Crippen LogP contribution in [0.1, 0.15) is 43.9 Å². The second-order valence-corrected chi connectivity index (χ2v) is 5.60. The molecule has 0 N–H and O–H groups in total. The largest absolute Gasteiger partial charge is 0.0646 e. The first kappa shape index (κ1) is 13.6. The summed E-state index contributed by atoms with van der Waals surface area (Å²) in [6.07, 6.45) is 5.48. The molecule has 98 valence electrons. The highest BCUT2D eigenvalue weighted by Gasteiger charge is 2.16. The lowest BCUT2D eigenvalue weighted by atomic mass is 9.82. The van der Waals surface area contributed by atoms with Crippen LogP contribution in [0.25, 0.3) is 12.2 Å². The molecule has 0 aromatic heterocycles. The Hall–Kier alpha value is -1.82. The van der Waals surface area contributed by atoms with Gasteiger partial charge in [0.15, 0.2) is 0 Å². The summed E-state index contributed by atoms with van der Waals surface area (Å²) in [7, 11) is 0. The Kier molecular flexibility index (Phi) is 4.21. The molecule has 0 saturated carbocycles. The number of hydrogen-bond acceptors (Lipinski definition) is 0. The summed E-state index contributed by atoms with van der Waals surface area (Å²) in [5.74, 6) is 0. The van der Waals surface area contributed by atoms with Gasteiger partial charge in [-0.3, -0.25) is 0 Å². The van der Waals surface area contributed by atoms with Crippen LogP contribution in [-0.2, 0) is 5.41 Å². The van der Waals surface area contributed by atoms with Gasteiger partial charge in [-0.2, -0.15) is 0 Å². The minimum Gasteiger partial charge on any atom is -0.0646 e. The summed E-state index contributed by atoms with van der Waals surface area (Å²) >= 11 is 0. The Morgan fingerprint density at radius 1 is 0.789 bits per heavy atom. The molecular formula is C19H22. The first-order valence-corrected chi connectivity index (χ1v) is 6.95. The normalized spacial score (nSPS) is 11.9. The van der Waals surface area contributed by atoms with E-state index >= 15 is 0 Å². The van der Waals surface area contributed by atoms with E-state index in [2.05, 4.69) is 81.5 Å². The molecule has 0 nitrogen and oxygen atoms in total. The number of hydrogen-bond donors (Lipinski definition) is 0. The van der Waals surface area contributed by atoms with Crippen LogP contribution in [0.3, 0.4) is 0 Å². The first-order chi connectivity index (χ1) is 9.12. The molecular weight excluding hydrogens is 228 g/mol. The molecule has 0 spiro atoms. The van der Waals surface area contributed by atoms with Gasteiger partial charge in [0.2, 0.25) is 0 Å². The Bertz CT molecular complexity index is 530. The highest BCUT2D eigenvalue weighted by Crippen LogP contribution is 2.26. The molecule has 0 radical (unpaired) electrons. The zero-order valence-electron chi connectivity index (χ0n) is 12.1. The second-order valence-electron chi connectivity index (χ2n) is 5.60. The Labute approximate surface area is 116 Å². The minimum atomic E-state index is 0.266. The SMILES string of the molecule is CCC(C)(C)c1ccc(/C=C/c2ccccc2)cc1. The third-order valence-electron chi connectivity index (χ3n) is 3.84. The molecule has 0 aliphatic heterocycles. The minimum absolute atomic E-state index is 0.266. The molecule has 0 bridgehead atoms. The van der Waals surface area contributed by atoms with Crippen molar-refractivity contribution in [1.82, 2.24) is 0 Å². The van der Waals surface area contributed by atoms with Crippen molar-refractivity contribution in [3.05, 3.63) is 71.3 Å². The maximum Gasteiger partial charge on any atom is -0.0106 e. The molecule has 0 fully saturated rings. The molecule has 0 heterocycles. The van der Waals surface area contributed by atoms with Gasteiger partial charge in [0.25, 0.3) is 0 Å².